The van der Waals surface area contributed by atoms with Crippen molar-refractivity contribution in [2.75, 3.05) is 13.6 Å². The smallest absolute Gasteiger partial charge is 0.191 e. The zero-order valence-electron chi connectivity index (χ0n) is 17.3. The normalized spacial score (nSPS) is 14.2. The monoisotopic (exact) mass is 490 g/mol. The van der Waals surface area contributed by atoms with Gasteiger partial charge in [0.15, 0.2) is 11.8 Å². The van der Waals surface area contributed by atoms with E-state index in [1.807, 2.05) is 7.05 Å². The number of hydrogen-bond acceptors (Lipinski definition) is 3. The van der Waals surface area contributed by atoms with E-state index in [1.165, 1.54) is 70.6 Å². The SMILES string of the molecule is CCCCCCCCCCNC(=NC)NCc1nnc2n1CCCCC2.I. The molecule has 0 aromatic carbocycles. The zero-order chi connectivity index (χ0) is 18.5. The molecule has 0 unspecified atom stereocenters. The molecule has 0 saturated carbocycles. The predicted octanol–water partition coefficient (Wildman–Crippen LogP) is 4.43. The highest BCUT2D eigenvalue weighted by molar-refractivity contribution is 14.0. The number of unbranched alkanes of at least 4 members (excludes halogenated alkanes) is 7. The lowest BCUT2D eigenvalue weighted by Gasteiger charge is -2.12. The summed E-state index contributed by atoms with van der Waals surface area (Å²) in [5, 5.41) is 15.5. The van der Waals surface area contributed by atoms with Gasteiger partial charge in [0.25, 0.3) is 0 Å². The van der Waals surface area contributed by atoms with Crippen LogP contribution in [0.15, 0.2) is 4.99 Å². The number of halogens is 1. The molecule has 2 rings (SSSR count). The second kappa shape index (κ2) is 15.1. The van der Waals surface area contributed by atoms with Gasteiger partial charge in [0, 0.05) is 26.6 Å². The molecule has 0 atom stereocenters. The summed E-state index contributed by atoms with van der Waals surface area (Å²) in [5.41, 5.74) is 0. The van der Waals surface area contributed by atoms with E-state index in [4.69, 9.17) is 0 Å². The van der Waals surface area contributed by atoms with E-state index in [0.717, 1.165) is 37.1 Å². The Bertz CT molecular complexity index is 529. The van der Waals surface area contributed by atoms with Gasteiger partial charge in [-0.15, -0.1) is 34.2 Å². The van der Waals surface area contributed by atoms with Crippen LogP contribution in [-0.2, 0) is 19.5 Å². The second-order valence-corrected chi connectivity index (χ2v) is 7.32. The molecule has 1 aliphatic rings. The van der Waals surface area contributed by atoms with E-state index in [2.05, 4.69) is 37.3 Å². The number of guanidine groups is 1. The van der Waals surface area contributed by atoms with Crippen LogP contribution < -0.4 is 10.6 Å². The van der Waals surface area contributed by atoms with Gasteiger partial charge < -0.3 is 15.2 Å². The van der Waals surface area contributed by atoms with E-state index in [9.17, 15) is 0 Å². The van der Waals surface area contributed by atoms with Crippen molar-refractivity contribution in [2.45, 2.75) is 97.1 Å². The molecule has 1 aromatic rings. The molecule has 6 nitrogen and oxygen atoms in total. The van der Waals surface area contributed by atoms with Crippen LogP contribution >= 0.6 is 24.0 Å². The Labute approximate surface area is 182 Å². The highest BCUT2D eigenvalue weighted by atomic mass is 127. The van der Waals surface area contributed by atoms with Crippen LogP contribution in [0.1, 0.15) is 89.2 Å². The van der Waals surface area contributed by atoms with Crippen LogP contribution in [0.4, 0.5) is 0 Å². The molecule has 0 radical (unpaired) electrons. The molecule has 0 aliphatic carbocycles. The summed E-state index contributed by atoms with van der Waals surface area (Å²) in [6.07, 6.45) is 15.5. The molecular weight excluding hydrogens is 451 g/mol. The maximum absolute atomic E-state index is 4.36. The number of aliphatic imine (C=N–C) groups is 1. The van der Waals surface area contributed by atoms with Crippen molar-refractivity contribution in [1.82, 2.24) is 25.4 Å². The van der Waals surface area contributed by atoms with Crippen molar-refractivity contribution in [3.63, 3.8) is 0 Å². The lowest BCUT2D eigenvalue weighted by Crippen LogP contribution is -2.37. The Hall–Kier alpha value is -0.860. The third-order valence-electron chi connectivity index (χ3n) is 5.15. The van der Waals surface area contributed by atoms with Gasteiger partial charge in [-0.05, 0) is 19.3 Å². The van der Waals surface area contributed by atoms with Crippen molar-refractivity contribution in [2.24, 2.45) is 4.99 Å². The lowest BCUT2D eigenvalue weighted by molar-refractivity contribution is 0.570. The third kappa shape index (κ3) is 9.25. The molecule has 0 spiro atoms. The summed E-state index contributed by atoms with van der Waals surface area (Å²) in [7, 11) is 1.83. The highest BCUT2D eigenvalue weighted by Crippen LogP contribution is 2.14. The predicted molar refractivity (Wildman–Crippen MR) is 124 cm³/mol. The first kappa shape index (κ1) is 24.2. The minimum absolute atomic E-state index is 0. The fourth-order valence-corrected chi connectivity index (χ4v) is 3.53. The Morgan fingerprint density at radius 3 is 2.44 bits per heavy atom. The molecular formula is C20H39IN6. The van der Waals surface area contributed by atoms with Crippen LogP contribution in [0.5, 0.6) is 0 Å². The first-order valence-corrected chi connectivity index (χ1v) is 10.7. The summed E-state index contributed by atoms with van der Waals surface area (Å²) in [4.78, 5) is 4.32. The first-order valence-electron chi connectivity index (χ1n) is 10.7. The Kier molecular flexibility index (Phi) is 13.5. The van der Waals surface area contributed by atoms with Gasteiger partial charge in [-0.3, -0.25) is 4.99 Å². The summed E-state index contributed by atoms with van der Waals surface area (Å²) >= 11 is 0. The average molecular weight is 490 g/mol. The van der Waals surface area contributed by atoms with Gasteiger partial charge in [-0.2, -0.15) is 0 Å². The molecule has 27 heavy (non-hydrogen) atoms. The van der Waals surface area contributed by atoms with Crippen LogP contribution in [-0.4, -0.2) is 34.3 Å². The van der Waals surface area contributed by atoms with Crippen LogP contribution in [0.25, 0.3) is 0 Å². The molecule has 1 aromatic heterocycles. The van der Waals surface area contributed by atoms with Crippen molar-refractivity contribution >= 4 is 29.9 Å². The van der Waals surface area contributed by atoms with Gasteiger partial charge in [0.05, 0.1) is 6.54 Å². The number of nitrogens with zero attached hydrogens (tertiary/aromatic N) is 4. The molecule has 0 saturated heterocycles. The van der Waals surface area contributed by atoms with Crippen LogP contribution in [0.3, 0.4) is 0 Å². The molecule has 7 heteroatoms. The second-order valence-electron chi connectivity index (χ2n) is 7.32. The Morgan fingerprint density at radius 1 is 0.963 bits per heavy atom. The fourth-order valence-electron chi connectivity index (χ4n) is 3.53. The number of aromatic nitrogens is 3. The molecule has 2 N–H and O–H groups in total. The molecule has 0 amide bonds. The van der Waals surface area contributed by atoms with Crippen molar-refractivity contribution in [3.05, 3.63) is 11.6 Å². The number of aryl methyl sites for hydroxylation is 1. The van der Waals surface area contributed by atoms with E-state index >= 15 is 0 Å². The molecule has 2 heterocycles. The minimum atomic E-state index is 0. The van der Waals surface area contributed by atoms with Crippen molar-refractivity contribution in [3.8, 4) is 0 Å². The van der Waals surface area contributed by atoms with Gasteiger partial charge in [0.2, 0.25) is 0 Å². The van der Waals surface area contributed by atoms with Gasteiger partial charge in [-0.1, -0.05) is 58.3 Å². The van der Waals surface area contributed by atoms with Crippen LogP contribution in [0, 0.1) is 0 Å². The Balaban J connectivity index is 0.00000364. The number of nitrogens with one attached hydrogen (secondary N) is 2. The number of fused-ring (bicyclic) bond motifs is 1. The van der Waals surface area contributed by atoms with E-state index in [-0.39, 0.29) is 24.0 Å². The molecule has 0 bridgehead atoms. The number of rotatable bonds is 11. The molecule has 0 fully saturated rings. The standard InChI is InChI=1S/C20H38N6.HI/c1-3-4-5-6-7-8-9-12-15-22-20(21-2)23-17-19-25-24-18-14-11-10-13-16-26(18)19;/h3-17H2,1-2H3,(H2,21,22,23);1H. The third-order valence-corrected chi connectivity index (χ3v) is 5.15. The summed E-state index contributed by atoms with van der Waals surface area (Å²) < 4.78 is 2.28. The maximum Gasteiger partial charge on any atom is 0.191 e. The zero-order valence-corrected chi connectivity index (χ0v) is 19.6. The van der Waals surface area contributed by atoms with E-state index < -0.39 is 0 Å². The Morgan fingerprint density at radius 2 is 1.70 bits per heavy atom. The van der Waals surface area contributed by atoms with E-state index in [1.54, 1.807) is 0 Å². The molecule has 156 valence electrons. The van der Waals surface area contributed by atoms with Gasteiger partial charge >= 0.3 is 0 Å². The van der Waals surface area contributed by atoms with Gasteiger partial charge in [0.1, 0.15) is 5.82 Å². The molecule has 1 aliphatic heterocycles. The largest absolute Gasteiger partial charge is 0.356 e. The topological polar surface area (TPSA) is 67.1 Å². The highest BCUT2D eigenvalue weighted by Gasteiger charge is 2.14. The fraction of sp³-hybridized carbons (Fsp3) is 0.850. The van der Waals surface area contributed by atoms with Crippen LogP contribution in [0.2, 0.25) is 0 Å². The quantitative estimate of drug-likeness (QED) is 0.209. The average Bonchev–Trinajstić information content (AvgIpc) is 2.89. The van der Waals surface area contributed by atoms with Crippen molar-refractivity contribution < 1.29 is 0 Å². The van der Waals surface area contributed by atoms with E-state index in [0.29, 0.717) is 6.54 Å². The number of hydrogen-bond donors (Lipinski definition) is 2. The van der Waals surface area contributed by atoms with Gasteiger partial charge in [-0.25, -0.2) is 0 Å². The van der Waals surface area contributed by atoms with Crippen molar-refractivity contribution in [1.29, 1.82) is 0 Å². The summed E-state index contributed by atoms with van der Waals surface area (Å²) in [6.45, 7) is 4.98. The first-order chi connectivity index (χ1) is 12.8. The lowest BCUT2D eigenvalue weighted by atomic mass is 10.1. The summed E-state index contributed by atoms with van der Waals surface area (Å²) in [6, 6.07) is 0. The maximum atomic E-state index is 4.36. The summed E-state index contributed by atoms with van der Waals surface area (Å²) in [5.74, 6) is 3.03. The minimum Gasteiger partial charge on any atom is -0.356 e.